The number of benzene rings is 1. The van der Waals surface area contributed by atoms with E-state index in [9.17, 15) is 0 Å². The molecular weight excluding hydrogens is 216 g/mol. The molecule has 17 heavy (non-hydrogen) atoms. The zero-order chi connectivity index (χ0) is 12.4. The highest BCUT2D eigenvalue weighted by molar-refractivity contribution is 5.87. The van der Waals surface area contributed by atoms with Crippen molar-refractivity contribution in [1.29, 1.82) is 0 Å². The van der Waals surface area contributed by atoms with Crippen molar-refractivity contribution in [3.05, 3.63) is 23.9 Å². The fourth-order valence-electron chi connectivity index (χ4n) is 1.83. The highest BCUT2D eigenvalue weighted by atomic mass is 16.5. The van der Waals surface area contributed by atoms with Gasteiger partial charge in [0.1, 0.15) is 11.3 Å². The van der Waals surface area contributed by atoms with Crippen LogP contribution in [0.15, 0.2) is 18.2 Å². The van der Waals surface area contributed by atoms with E-state index in [-0.39, 0.29) is 12.0 Å². The average Bonchev–Trinajstić information content (AvgIpc) is 2.27. The zero-order valence-electron chi connectivity index (χ0n) is 9.97. The Bertz CT molecular complexity index is 539. The molecule has 0 saturated carbocycles. The van der Waals surface area contributed by atoms with Crippen molar-refractivity contribution in [3.8, 4) is 5.75 Å². The summed E-state index contributed by atoms with van der Waals surface area (Å²) in [5.41, 5.74) is 13.1. The monoisotopic (exact) mass is 232 g/mol. The van der Waals surface area contributed by atoms with Crippen LogP contribution in [-0.4, -0.2) is 23.1 Å². The van der Waals surface area contributed by atoms with E-state index in [4.69, 9.17) is 16.2 Å². The van der Waals surface area contributed by atoms with Crippen LogP contribution in [0, 0.1) is 0 Å². The molecule has 1 aromatic carbocycles. The number of fused-ring (bicyclic) bond motifs is 1. The Balaban J connectivity index is 2.67. The van der Waals surface area contributed by atoms with Crippen LogP contribution < -0.4 is 16.2 Å². The lowest BCUT2D eigenvalue weighted by atomic mass is 10.1. The molecule has 0 aliphatic carbocycles. The lowest BCUT2D eigenvalue weighted by Crippen LogP contribution is -2.19. The Morgan fingerprint density at radius 3 is 2.76 bits per heavy atom. The van der Waals surface area contributed by atoms with E-state index < -0.39 is 0 Å². The summed E-state index contributed by atoms with van der Waals surface area (Å²) in [6.45, 7) is 1.93. The van der Waals surface area contributed by atoms with E-state index in [0.29, 0.717) is 12.2 Å². The number of para-hydroxylation sites is 1. The molecule has 1 atom stereocenters. The van der Waals surface area contributed by atoms with Gasteiger partial charge in [0.2, 0.25) is 5.95 Å². The molecule has 2 rings (SSSR count). The summed E-state index contributed by atoms with van der Waals surface area (Å²) in [7, 11) is 1.61. The van der Waals surface area contributed by atoms with Gasteiger partial charge in [-0.25, -0.2) is 9.97 Å². The highest BCUT2D eigenvalue weighted by Gasteiger charge is 2.11. The van der Waals surface area contributed by atoms with Gasteiger partial charge in [0.15, 0.2) is 0 Å². The summed E-state index contributed by atoms with van der Waals surface area (Å²) in [5, 5.41) is 0.941. The molecule has 0 aliphatic heterocycles. The van der Waals surface area contributed by atoms with E-state index in [1.165, 1.54) is 0 Å². The Morgan fingerprint density at radius 1 is 1.35 bits per heavy atom. The topological polar surface area (TPSA) is 87.0 Å². The van der Waals surface area contributed by atoms with Gasteiger partial charge < -0.3 is 16.2 Å². The Morgan fingerprint density at radius 2 is 2.12 bits per heavy atom. The number of methoxy groups -OCH3 is 1. The van der Waals surface area contributed by atoms with Crippen molar-refractivity contribution in [3.63, 3.8) is 0 Å². The number of aromatic nitrogens is 2. The molecule has 0 bridgehead atoms. The summed E-state index contributed by atoms with van der Waals surface area (Å²) < 4.78 is 5.27. The van der Waals surface area contributed by atoms with E-state index >= 15 is 0 Å². The molecule has 5 heteroatoms. The maximum absolute atomic E-state index is 5.80. The number of ether oxygens (including phenoxy) is 1. The third-order valence-corrected chi connectivity index (χ3v) is 2.52. The highest BCUT2D eigenvalue weighted by Crippen LogP contribution is 2.26. The van der Waals surface area contributed by atoms with Crippen molar-refractivity contribution >= 4 is 16.9 Å². The molecule has 0 amide bonds. The molecule has 0 spiro atoms. The summed E-state index contributed by atoms with van der Waals surface area (Å²) in [4.78, 5) is 8.46. The van der Waals surface area contributed by atoms with E-state index in [0.717, 1.165) is 16.6 Å². The Hall–Kier alpha value is -1.88. The van der Waals surface area contributed by atoms with Gasteiger partial charge in [-0.2, -0.15) is 0 Å². The molecule has 2 aromatic rings. The summed E-state index contributed by atoms with van der Waals surface area (Å²) in [6, 6.07) is 5.74. The van der Waals surface area contributed by atoms with Gasteiger partial charge in [-0.15, -0.1) is 0 Å². The second-order valence-corrected chi connectivity index (χ2v) is 4.07. The molecule has 90 valence electrons. The lowest BCUT2D eigenvalue weighted by molar-refractivity contribution is 0.419. The van der Waals surface area contributed by atoms with Gasteiger partial charge >= 0.3 is 0 Å². The first-order chi connectivity index (χ1) is 8.11. The van der Waals surface area contributed by atoms with Crippen LogP contribution >= 0.6 is 0 Å². The molecule has 1 unspecified atom stereocenters. The van der Waals surface area contributed by atoms with Gasteiger partial charge in [0.05, 0.1) is 12.8 Å². The maximum Gasteiger partial charge on any atom is 0.220 e. The maximum atomic E-state index is 5.80. The number of anilines is 1. The minimum Gasteiger partial charge on any atom is -0.494 e. The van der Waals surface area contributed by atoms with Crippen LogP contribution in [0.2, 0.25) is 0 Å². The number of hydrogen-bond donors (Lipinski definition) is 2. The predicted octanol–water partition coefficient (Wildman–Crippen LogP) is 1.11. The largest absolute Gasteiger partial charge is 0.494 e. The third-order valence-electron chi connectivity index (χ3n) is 2.52. The molecular formula is C12H16N4O. The normalized spacial score (nSPS) is 12.6. The number of rotatable bonds is 3. The molecule has 0 radical (unpaired) electrons. The van der Waals surface area contributed by atoms with E-state index in [2.05, 4.69) is 9.97 Å². The zero-order valence-corrected chi connectivity index (χ0v) is 9.97. The van der Waals surface area contributed by atoms with Crippen LogP contribution in [0.25, 0.3) is 10.9 Å². The smallest absolute Gasteiger partial charge is 0.220 e. The SMILES string of the molecule is COc1cccc2c(CC(C)N)nc(N)nc12. The second-order valence-electron chi connectivity index (χ2n) is 4.07. The van der Waals surface area contributed by atoms with E-state index in [1.807, 2.05) is 25.1 Å². The summed E-state index contributed by atoms with van der Waals surface area (Å²) in [5.74, 6) is 0.945. The minimum absolute atomic E-state index is 0.0266. The molecule has 4 N–H and O–H groups in total. The fraction of sp³-hybridized carbons (Fsp3) is 0.333. The lowest BCUT2D eigenvalue weighted by Gasteiger charge is -2.10. The summed E-state index contributed by atoms with van der Waals surface area (Å²) >= 11 is 0. The molecule has 0 aliphatic rings. The van der Waals surface area contributed by atoms with Crippen molar-refractivity contribution in [2.75, 3.05) is 12.8 Å². The standard InChI is InChI=1S/C12H16N4O/c1-7(13)6-9-8-4-3-5-10(17-2)11(8)16-12(14)15-9/h3-5,7H,6,13H2,1-2H3,(H2,14,15,16). The molecule has 5 nitrogen and oxygen atoms in total. The van der Waals surface area contributed by atoms with Crippen LogP contribution in [0.5, 0.6) is 5.75 Å². The number of hydrogen-bond acceptors (Lipinski definition) is 5. The van der Waals surface area contributed by atoms with Crippen molar-refractivity contribution in [1.82, 2.24) is 9.97 Å². The fourth-order valence-corrected chi connectivity index (χ4v) is 1.83. The first-order valence-electron chi connectivity index (χ1n) is 5.46. The van der Waals surface area contributed by atoms with Crippen molar-refractivity contribution < 1.29 is 4.74 Å². The van der Waals surface area contributed by atoms with Crippen molar-refractivity contribution in [2.24, 2.45) is 5.73 Å². The van der Waals surface area contributed by atoms with Gasteiger partial charge in [-0.1, -0.05) is 12.1 Å². The number of nitrogens with two attached hydrogens (primary N) is 2. The van der Waals surface area contributed by atoms with Crippen LogP contribution in [0.1, 0.15) is 12.6 Å². The first-order valence-corrected chi connectivity index (χ1v) is 5.46. The number of nitrogen functional groups attached to an aromatic ring is 1. The third kappa shape index (κ3) is 2.29. The molecule has 0 fully saturated rings. The Labute approximate surface area is 99.8 Å². The quantitative estimate of drug-likeness (QED) is 0.827. The first kappa shape index (κ1) is 11.6. The number of nitrogens with zero attached hydrogens (tertiary/aromatic N) is 2. The van der Waals surface area contributed by atoms with Crippen LogP contribution in [0.3, 0.4) is 0 Å². The second kappa shape index (κ2) is 4.55. The molecule has 1 aromatic heterocycles. The van der Waals surface area contributed by atoms with Gasteiger partial charge in [-0.3, -0.25) is 0 Å². The van der Waals surface area contributed by atoms with Crippen LogP contribution in [-0.2, 0) is 6.42 Å². The van der Waals surface area contributed by atoms with Gasteiger partial charge in [0, 0.05) is 17.8 Å². The average molecular weight is 232 g/mol. The van der Waals surface area contributed by atoms with Crippen molar-refractivity contribution in [2.45, 2.75) is 19.4 Å². The van der Waals surface area contributed by atoms with Gasteiger partial charge in [0.25, 0.3) is 0 Å². The Kier molecular flexibility index (Phi) is 3.10. The predicted molar refractivity (Wildman–Crippen MR) is 67.9 cm³/mol. The summed E-state index contributed by atoms with van der Waals surface area (Å²) in [6.07, 6.45) is 0.663. The van der Waals surface area contributed by atoms with Crippen LogP contribution in [0.4, 0.5) is 5.95 Å². The van der Waals surface area contributed by atoms with Gasteiger partial charge in [-0.05, 0) is 13.0 Å². The molecule has 0 saturated heterocycles. The minimum atomic E-state index is 0.0266. The molecule has 1 heterocycles. The van der Waals surface area contributed by atoms with E-state index in [1.54, 1.807) is 7.11 Å².